The lowest BCUT2D eigenvalue weighted by Gasteiger charge is -2.27. The average molecular weight is 287 g/mol. The van der Waals surface area contributed by atoms with Crippen molar-refractivity contribution in [2.24, 2.45) is 7.05 Å². The molecule has 5 nitrogen and oxygen atoms in total. The summed E-state index contributed by atoms with van der Waals surface area (Å²) >= 11 is 0. The zero-order valence-corrected chi connectivity index (χ0v) is 12.4. The number of benzene rings is 1. The van der Waals surface area contributed by atoms with Gasteiger partial charge in [-0.1, -0.05) is 0 Å². The van der Waals surface area contributed by atoms with Gasteiger partial charge in [-0.2, -0.15) is 5.10 Å². The molecule has 0 aliphatic heterocycles. The summed E-state index contributed by atoms with van der Waals surface area (Å²) in [4.78, 5) is 0. The molecule has 2 atom stereocenters. The third-order valence-electron chi connectivity index (χ3n) is 4.25. The first-order chi connectivity index (χ1) is 10.0. The van der Waals surface area contributed by atoms with Crippen molar-refractivity contribution in [3.63, 3.8) is 0 Å². The number of hydrogen-bond donors (Lipinski definition) is 3. The van der Waals surface area contributed by atoms with Crippen molar-refractivity contribution in [1.29, 1.82) is 0 Å². The number of aryl methyl sites for hydroxylation is 1. The van der Waals surface area contributed by atoms with E-state index in [0.29, 0.717) is 0 Å². The Hall–Kier alpha value is -2.01. The van der Waals surface area contributed by atoms with E-state index in [1.54, 1.807) is 12.1 Å². The lowest BCUT2D eigenvalue weighted by atomic mass is 9.92. The van der Waals surface area contributed by atoms with Gasteiger partial charge in [0.1, 0.15) is 11.5 Å². The summed E-state index contributed by atoms with van der Waals surface area (Å²) in [5, 5.41) is 27.2. The maximum Gasteiger partial charge on any atom is 0.119 e. The molecule has 0 radical (unpaired) electrons. The van der Waals surface area contributed by atoms with Gasteiger partial charge in [-0.05, 0) is 43.9 Å². The first-order valence-corrected chi connectivity index (χ1v) is 7.34. The molecule has 1 aromatic carbocycles. The topological polar surface area (TPSA) is 70.3 Å². The highest BCUT2D eigenvalue weighted by molar-refractivity contribution is 5.38. The molecule has 1 aliphatic rings. The van der Waals surface area contributed by atoms with Crippen LogP contribution < -0.4 is 5.32 Å². The van der Waals surface area contributed by atoms with Crippen LogP contribution in [0.1, 0.15) is 48.7 Å². The van der Waals surface area contributed by atoms with Gasteiger partial charge in [0, 0.05) is 36.5 Å². The number of rotatable bonds is 3. The van der Waals surface area contributed by atoms with Gasteiger partial charge in [-0.3, -0.25) is 4.68 Å². The third kappa shape index (κ3) is 2.74. The largest absolute Gasteiger partial charge is 0.508 e. The van der Waals surface area contributed by atoms with Crippen LogP contribution >= 0.6 is 0 Å². The zero-order valence-electron chi connectivity index (χ0n) is 12.4. The minimum Gasteiger partial charge on any atom is -0.508 e. The molecule has 5 heteroatoms. The van der Waals surface area contributed by atoms with Crippen LogP contribution in [-0.4, -0.2) is 20.0 Å². The molecule has 0 spiro atoms. The highest BCUT2D eigenvalue weighted by Crippen LogP contribution is 2.32. The summed E-state index contributed by atoms with van der Waals surface area (Å²) in [6.07, 6.45) is 5.24. The van der Waals surface area contributed by atoms with Crippen LogP contribution in [0.2, 0.25) is 0 Å². The van der Waals surface area contributed by atoms with Gasteiger partial charge in [0.2, 0.25) is 0 Å². The smallest absolute Gasteiger partial charge is 0.119 e. The van der Waals surface area contributed by atoms with Gasteiger partial charge in [-0.25, -0.2) is 0 Å². The third-order valence-corrected chi connectivity index (χ3v) is 4.25. The van der Waals surface area contributed by atoms with E-state index < -0.39 is 0 Å². The molecule has 0 saturated heterocycles. The van der Waals surface area contributed by atoms with Gasteiger partial charge < -0.3 is 15.5 Å². The van der Waals surface area contributed by atoms with Crippen LogP contribution in [0.3, 0.4) is 0 Å². The minimum absolute atomic E-state index is 0.0409. The predicted molar refractivity (Wildman–Crippen MR) is 80.2 cm³/mol. The van der Waals surface area contributed by atoms with Crippen molar-refractivity contribution in [3.8, 4) is 11.5 Å². The minimum atomic E-state index is 0.0409. The van der Waals surface area contributed by atoms with Gasteiger partial charge in [0.15, 0.2) is 0 Å². The zero-order chi connectivity index (χ0) is 15.0. The molecule has 112 valence electrons. The van der Waals surface area contributed by atoms with E-state index in [2.05, 4.69) is 10.4 Å². The Morgan fingerprint density at radius 3 is 2.71 bits per heavy atom. The fourth-order valence-electron chi connectivity index (χ4n) is 3.15. The quantitative estimate of drug-likeness (QED) is 0.811. The molecule has 1 aliphatic carbocycles. The molecule has 3 rings (SSSR count). The van der Waals surface area contributed by atoms with Crippen LogP contribution in [0.4, 0.5) is 0 Å². The number of nitrogens with one attached hydrogen (secondary N) is 1. The standard InChI is InChI=1S/C16H21N3O2/c1-10(11-6-12(20)8-13(21)7-11)18-15-4-3-5-16-14(15)9-17-19(16)2/h6-10,15,18,20-21H,3-5H2,1-2H3. The monoisotopic (exact) mass is 287 g/mol. The molecule has 0 saturated carbocycles. The van der Waals surface area contributed by atoms with Gasteiger partial charge in [0.05, 0.1) is 6.20 Å². The Labute approximate surface area is 124 Å². The fraction of sp³-hybridized carbons (Fsp3) is 0.438. The second-order valence-electron chi connectivity index (χ2n) is 5.79. The van der Waals surface area contributed by atoms with Crippen LogP contribution in [0.15, 0.2) is 24.4 Å². The van der Waals surface area contributed by atoms with Gasteiger partial charge in [0.25, 0.3) is 0 Å². The van der Waals surface area contributed by atoms with Crippen molar-refractivity contribution in [2.75, 3.05) is 0 Å². The maximum atomic E-state index is 9.61. The molecule has 1 heterocycles. The van der Waals surface area contributed by atoms with Crippen molar-refractivity contribution in [2.45, 2.75) is 38.3 Å². The first kappa shape index (κ1) is 13.9. The van der Waals surface area contributed by atoms with E-state index in [-0.39, 0.29) is 23.6 Å². The first-order valence-electron chi connectivity index (χ1n) is 7.34. The highest BCUT2D eigenvalue weighted by atomic mass is 16.3. The number of phenols is 2. The van der Waals surface area contributed by atoms with Crippen LogP contribution in [0.5, 0.6) is 11.5 Å². The highest BCUT2D eigenvalue weighted by Gasteiger charge is 2.24. The summed E-state index contributed by atoms with van der Waals surface area (Å²) in [7, 11) is 1.98. The summed E-state index contributed by atoms with van der Waals surface area (Å²) in [5.74, 6) is 0.175. The molecule has 2 aromatic rings. The van der Waals surface area contributed by atoms with Crippen molar-refractivity contribution < 1.29 is 10.2 Å². The molecule has 3 N–H and O–H groups in total. The molecule has 0 amide bonds. The Morgan fingerprint density at radius 1 is 1.29 bits per heavy atom. The molecule has 2 unspecified atom stereocenters. The normalized spacial score (nSPS) is 19.2. The number of phenolic OH excluding ortho intramolecular Hbond substituents is 2. The summed E-state index contributed by atoms with van der Waals surface area (Å²) < 4.78 is 1.95. The van der Waals surface area contributed by atoms with Gasteiger partial charge >= 0.3 is 0 Å². The van der Waals surface area contributed by atoms with E-state index in [0.717, 1.165) is 24.8 Å². The molecule has 21 heavy (non-hydrogen) atoms. The van der Waals surface area contributed by atoms with E-state index in [1.165, 1.54) is 17.3 Å². The Kier molecular flexibility index (Phi) is 3.59. The molecule has 0 fully saturated rings. The van der Waals surface area contributed by atoms with Crippen molar-refractivity contribution in [1.82, 2.24) is 15.1 Å². The second-order valence-corrected chi connectivity index (χ2v) is 5.79. The SMILES string of the molecule is CC(NC1CCCc2c1cnn2C)c1cc(O)cc(O)c1. The Morgan fingerprint density at radius 2 is 2.00 bits per heavy atom. The molecular weight excluding hydrogens is 266 g/mol. The number of aromatic hydroxyl groups is 2. The molecular formula is C16H21N3O2. The molecule has 0 bridgehead atoms. The second kappa shape index (κ2) is 5.41. The van der Waals surface area contributed by atoms with E-state index >= 15 is 0 Å². The van der Waals surface area contributed by atoms with Crippen LogP contribution in [-0.2, 0) is 13.5 Å². The van der Waals surface area contributed by atoms with E-state index in [4.69, 9.17) is 0 Å². The summed E-state index contributed by atoms with van der Waals surface area (Å²) in [5.41, 5.74) is 3.44. The molecule has 1 aromatic heterocycles. The maximum absolute atomic E-state index is 9.61. The number of fused-ring (bicyclic) bond motifs is 1. The number of aromatic nitrogens is 2. The lowest BCUT2D eigenvalue weighted by molar-refractivity contribution is 0.406. The van der Waals surface area contributed by atoms with E-state index in [9.17, 15) is 10.2 Å². The lowest BCUT2D eigenvalue weighted by Crippen LogP contribution is -2.27. The number of hydrogen-bond acceptors (Lipinski definition) is 4. The number of nitrogens with zero attached hydrogens (tertiary/aromatic N) is 2. The average Bonchev–Trinajstić information content (AvgIpc) is 2.81. The van der Waals surface area contributed by atoms with Crippen molar-refractivity contribution in [3.05, 3.63) is 41.2 Å². The van der Waals surface area contributed by atoms with E-state index in [1.807, 2.05) is 24.9 Å². The Bertz CT molecular complexity index is 631. The van der Waals surface area contributed by atoms with Crippen molar-refractivity contribution >= 4 is 0 Å². The Balaban J connectivity index is 1.80. The fourth-order valence-corrected chi connectivity index (χ4v) is 3.15. The van der Waals surface area contributed by atoms with Crippen LogP contribution in [0, 0.1) is 0 Å². The van der Waals surface area contributed by atoms with Gasteiger partial charge in [-0.15, -0.1) is 0 Å². The predicted octanol–water partition coefficient (Wildman–Crippen LogP) is 2.56. The summed E-state index contributed by atoms with van der Waals surface area (Å²) in [6.45, 7) is 2.04. The van der Waals surface area contributed by atoms with Crippen LogP contribution in [0.25, 0.3) is 0 Å². The summed E-state index contributed by atoms with van der Waals surface area (Å²) in [6, 6.07) is 5.02.